The average molecular weight is 335 g/mol. The number of hydrogen-bond donors (Lipinski definition) is 0. The van der Waals surface area contributed by atoms with Crippen LogP contribution < -0.4 is 0 Å². The third-order valence-electron chi connectivity index (χ3n) is 6.97. The van der Waals surface area contributed by atoms with Gasteiger partial charge in [-0.3, -0.25) is 0 Å². The number of rotatable bonds is 1. The molecule has 0 spiro atoms. The van der Waals surface area contributed by atoms with Crippen LogP contribution >= 0.6 is 0 Å². The lowest BCUT2D eigenvalue weighted by Gasteiger charge is -2.30. The van der Waals surface area contributed by atoms with E-state index in [0.29, 0.717) is 0 Å². The summed E-state index contributed by atoms with van der Waals surface area (Å²) in [6.45, 7) is 0. The fourth-order valence-corrected chi connectivity index (χ4v) is 5.33. The first-order valence-electron chi connectivity index (χ1n) is 12.0. The minimum Gasteiger partial charge on any atom is -0.0533 e. The Morgan fingerprint density at radius 3 is 0.583 bits per heavy atom. The monoisotopic (exact) mass is 334 g/mol. The van der Waals surface area contributed by atoms with Crippen molar-refractivity contribution in [3.05, 3.63) is 0 Å². The van der Waals surface area contributed by atoms with Crippen LogP contribution in [0, 0.1) is 11.8 Å². The second-order valence-electron chi connectivity index (χ2n) is 9.04. The minimum absolute atomic E-state index is 1.11. The average Bonchev–Trinajstić information content (AvgIpc) is 2.47. The quantitative estimate of drug-likeness (QED) is 0.449. The van der Waals surface area contributed by atoms with Crippen LogP contribution in [0.25, 0.3) is 0 Å². The Balaban J connectivity index is 0.000000219. The molecule has 0 nitrogen and oxygen atoms in total. The van der Waals surface area contributed by atoms with Crippen LogP contribution in [0.4, 0.5) is 0 Å². The molecule has 0 aromatic heterocycles. The van der Waals surface area contributed by atoms with E-state index in [1.165, 1.54) is 116 Å². The van der Waals surface area contributed by atoms with E-state index in [2.05, 4.69) is 0 Å². The standard InChI is InChI=1S/C16H30.C8H16/c1-3-7-11-15(12-8-4-1)16-13-9-5-2-6-10-14-16;1-2-4-6-8-7-5-3-1/h15-16H,1-14H2;1-8H2. The molecule has 3 aliphatic carbocycles. The van der Waals surface area contributed by atoms with Crippen molar-refractivity contribution < 1.29 is 0 Å². The molecule has 0 bridgehead atoms. The zero-order valence-electron chi connectivity index (χ0n) is 16.7. The van der Waals surface area contributed by atoms with Crippen molar-refractivity contribution in [2.24, 2.45) is 11.8 Å². The lowest BCUT2D eigenvalue weighted by Crippen LogP contribution is -2.17. The summed E-state index contributed by atoms with van der Waals surface area (Å²) in [4.78, 5) is 0. The first-order chi connectivity index (χ1) is 12.0. The molecule has 0 aliphatic heterocycles. The molecule has 0 saturated heterocycles. The molecule has 0 heterocycles. The van der Waals surface area contributed by atoms with Crippen LogP contribution in [0.5, 0.6) is 0 Å². The van der Waals surface area contributed by atoms with E-state index in [4.69, 9.17) is 0 Å². The van der Waals surface area contributed by atoms with Crippen LogP contribution in [0.3, 0.4) is 0 Å². The van der Waals surface area contributed by atoms with Crippen molar-refractivity contribution in [3.63, 3.8) is 0 Å². The maximum atomic E-state index is 1.56. The van der Waals surface area contributed by atoms with Gasteiger partial charge in [0, 0.05) is 0 Å². The lowest BCUT2D eigenvalue weighted by atomic mass is 9.76. The molecule has 0 N–H and O–H groups in total. The van der Waals surface area contributed by atoms with E-state index in [9.17, 15) is 0 Å². The smallest absolute Gasteiger partial charge is 0.0386 e. The topological polar surface area (TPSA) is 0 Å². The lowest BCUT2D eigenvalue weighted by molar-refractivity contribution is 0.221. The van der Waals surface area contributed by atoms with Gasteiger partial charge in [-0.05, 0) is 11.8 Å². The summed E-state index contributed by atoms with van der Waals surface area (Å²) in [6.07, 6.45) is 33.4. The van der Waals surface area contributed by atoms with E-state index in [-0.39, 0.29) is 0 Å². The highest BCUT2D eigenvalue weighted by atomic mass is 14.3. The fourth-order valence-electron chi connectivity index (χ4n) is 5.33. The summed E-state index contributed by atoms with van der Waals surface area (Å²) >= 11 is 0. The first kappa shape index (κ1) is 20.3. The van der Waals surface area contributed by atoms with Crippen molar-refractivity contribution >= 4 is 0 Å². The van der Waals surface area contributed by atoms with Gasteiger partial charge in [-0.25, -0.2) is 0 Å². The molecule has 0 unspecified atom stereocenters. The largest absolute Gasteiger partial charge is 0.0533 e. The van der Waals surface area contributed by atoms with Crippen molar-refractivity contribution in [1.82, 2.24) is 0 Å². The zero-order chi connectivity index (χ0) is 16.7. The Bertz CT molecular complexity index is 209. The molecule has 0 aromatic rings. The van der Waals surface area contributed by atoms with Gasteiger partial charge in [0.05, 0.1) is 0 Å². The third kappa shape index (κ3) is 9.47. The Labute approximate surface area is 153 Å². The normalized spacial score (nSPS) is 26.5. The van der Waals surface area contributed by atoms with Gasteiger partial charge >= 0.3 is 0 Å². The Morgan fingerprint density at radius 2 is 0.375 bits per heavy atom. The summed E-state index contributed by atoms with van der Waals surface area (Å²) in [6, 6.07) is 0. The Morgan fingerprint density at radius 1 is 0.208 bits per heavy atom. The van der Waals surface area contributed by atoms with Crippen LogP contribution in [-0.2, 0) is 0 Å². The minimum atomic E-state index is 1.11. The number of hydrogen-bond acceptors (Lipinski definition) is 0. The van der Waals surface area contributed by atoms with Gasteiger partial charge in [0.15, 0.2) is 0 Å². The molecule has 0 heteroatoms. The summed E-state index contributed by atoms with van der Waals surface area (Å²) in [7, 11) is 0. The van der Waals surface area contributed by atoms with Crippen molar-refractivity contribution in [1.29, 1.82) is 0 Å². The molecular formula is C24H46. The SMILES string of the molecule is C1CCCC(C2CCCCCCC2)CCC1.C1CCCCCCC1. The highest BCUT2D eigenvalue weighted by Gasteiger charge is 2.22. The molecule has 0 radical (unpaired) electrons. The van der Waals surface area contributed by atoms with Gasteiger partial charge in [0.25, 0.3) is 0 Å². The molecule has 24 heavy (non-hydrogen) atoms. The van der Waals surface area contributed by atoms with Gasteiger partial charge in [0.2, 0.25) is 0 Å². The molecule has 3 saturated carbocycles. The van der Waals surface area contributed by atoms with Crippen molar-refractivity contribution in [2.75, 3.05) is 0 Å². The predicted molar refractivity (Wildman–Crippen MR) is 109 cm³/mol. The van der Waals surface area contributed by atoms with E-state index in [0.717, 1.165) is 11.8 Å². The van der Waals surface area contributed by atoms with E-state index >= 15 is 0 Å². The van der Waals surface area contributed by atoms with Crippen LogP contribution in [-0.4, -0.2) is 0 Å². The molecule has 0 atom stereocenters. The van der Waals surface area contributed by atoms with Gasteiger partial charge in [-0.1, -0.05) is 141 Å². The van der Waals surface area contributed by atoms with Gasteiger partial charge in [-0.15, -0.1) is 0 Å². The molecule has 3 aliphatic rings. The maximum Gasteiger partial charge on any atom is -0.0386 e. The van der Waals surface area contributed by atoms with E-state index in [1.54, 1.807) is 25.7 Å². The predicted octanol–water partition coefficient (Wildman–Crippen LogP) is 8.83. The van der Waals surface area contributed by atoms with Crippen molar-refractivity contribution in [3.8, 4) is 0 Å². The highest BCUT2D eigenvalue weighted by molar-refractivity contribution is 4.74. The first-order valence-corrected chi connectivity index (χ1v) is 12.0. The Kier molecular flexibility index (Phi) is 12.0. The van der Waals surface area contributed by atoms with E-state index in [1.807, 2.05) is 0 Å². The van der Waals surface area contributed by atoms with Gasteiger partial charge < -0.3 is 0 Å². The molecular weight excluding hydrogens is 288 g/mol. The molecule has 3 fully saturated rings. The summed E-state index contributed by atoms with van der Waals surface area (Å²) in [5, 5.41) is 0. The second-order valence-corrected chi connectivity index (χ2v) is 9.04. The van der Waals surface area contributed by atoms with Crippen LogP contribution in [0.2, 0.25) is 0 Å². The van der Waals surface area contributed by atoms with Crippen molar-refractivity contribution in [2.45, 2.75) is 141 Å². The highest BCUT2D eigenvalue weighted by Crippen LogP contribution is 2.35. The summed E-state index contributed by atoms with van der Waals surface area (Å²) in [5.74, 6) is 2.22. The van der Waals surface area contributed by atoms with Gasteiger partial charge in [-0.2, -0.15) is 0 Å². The van der Waals surface area contributed by atoms with Crippen LogP contribution in [0.1, 0.15) is 141 Å². The maximum absolute atomic E-state index is 1.56. The zero-order valence-corrected chi connectivity index (χ0v) is 16.7. The van der Waals surface area contributed by atoms with Crippen LogP contribution in [0.15, 0.2) is 0 Å². The summed E-state index contributed by atoms with van der Waals surface area (Å²) in [5.41, 5.74) is 0. The summed E-state index contributed by atoms with van der Waals surface area (Å²) < 4.78 is 0. The molecule has 142 valence electrons. The van der Waals surface area contributed by atoms with Gasteiger partial charge in [0.1, 0.15) is 0 Å². The molecule has 0 aromatic carbocycles. The second kappa shape index (κ2) is 14.2. The third-order valence-corrected chi connectivity index (χ3v) is 6.97. The molecule has 0 amide bonds. The fraction of sp³-hybridized carbons (Fsp3) is 1.00. The Hall–Kier alpha value is 0. The molecule has 3 rings (SSSR count). The van der Waals surface area contributed by atoms with E-state index < -0.39 is 0 Å².